The molecule has 0 heterocycles. The monoisotopic (exact) mass is 260 g/mol. The second-order valence-electron chi connectivity index (χ2n) is 3.91. The van der Waals surface area contributed by atoms with E-state index >= 15 is 0 Å². The molecule has 3 N–H and O–H groups in total. The van der Waals surface area contributed by atoms with Crippen LogP contribution in [0.3, 0.4) is 0 Å². The van der Waals surface area contributed by atoms with Crippen molar-refractivity contribution < 1.29 is 13.9 Å². The molecule has 0 fully saturated rings. The van der Waals surface area contributed by atoms with E-state index in [1.165, 1.54) is 12.1 Å². The summed E-state index contributed by atoms with van der Waals surface area (Å²) in [6.07, 6.45) is 0. The first-order chi connectivity index (χ1) is 9.19. The van der Waals surface area contributed by atoms with Gasteiger partial charge in [0.25, 0.3) is 5.91 Å². The van der Waals surface area contributed by atoms with Gasteiger partial charge in [-0.25, -0.2) is 10.2 Å². The zero-order valence-corrected chi connectivity index (χ0v) is 10.1. The van der Waals surface area contributed by atoms with Crippen LogP contribution in [-0.4, -0.2) is 5.91 Å². The maximum atomic E-state index is 12.7. The van der Waals surface area contributed by atoms with E-state index in [2.05, 4.69) is 0 Å². The fraction of sp³-hybridized carbons (Fsp3) is 0.0714. The van der Waals surface area contributed by atoms with Gasteiger partial charge in [-0.3, -0.25) is 10.2 Å². The van der Waals surface area contributed by atoms with Gasteiger partial charge in [-0.1, -0.05) is 12.1 Å². The van der Waals surface area contributed by atoms with E-state index < -0.39 is 0 Å². The molecule has 2 rings (SSSR count). The van der Waals surface area contributed by atoms with Crippen LogP contribution in [-0.2, 0) is 6.61 Å². The van der Waals surface area contributed by atoms with Crippen LogP contribution >= 0.6 is 0 Å². The number of carbonyl (C=O) groups excluding carboxylic acids is 1. The molecule has 0 aliphatic heterocycles. The highest BCUT2D eigenvalue weighted by Crippen LogP contribution is 2.14. The third-order valence-electron chi connectivity index (χ3n) is 2.57. The third kappa shape index (κ3) is 3.53. The number of hydrogen-bond acceptors (Lipinski definition) is 3. The lowest BCUT2D eigenvalue weighted by Crippen LogP contribution is -2.29. The van der Waals surface area contributed by atoms with Gasteiger partial charge in [0.05, 0.1) is 0 Å². The SMILES string of the molecule is NNC(=O)c1ccc(OCc2ccc(F)cc2)cc1. The lowest BCUT2D eigenvalue weighted by atomic mass is 10.2. The summed E-state index contributed by atoms with van der Waals surface area (Å²) in [6, 6.07) is 12.7. The van der Waals surface area contributed by atoms with E-state index in [-0.39, 0.29) is 11.7 Å². The van der Waals surface area contributed by atoms with Crippen LogP contribution in [0, 0.1) is 5.82 Å². The van der Waals surface area contributed by atoms with Crippen molar-refractivity contribution >= 4 is 5.91 Å². The smallest absolute Gasteiger partial charge is 0.265 e. The van der Waals surface area contributed by atoms with Gasteiger partial charge in [0.15, 0.2) is 0 Å². The van der Waals surface area contributed by atoms with E-state index in [0.717, 1.165) is 5.56 Å². The van der Waals surface area contributed by atoms with Crippen molar-refractivity contribution in [3.8, 4) is 5.75 Å². The maximum Gasteiger partial charge on any atom is 0.265 e. The van der Waals surface area contributed by atoms with Crippen molar-refractivity contribution in [2.45, 2.75) is 6.61 Å². The summed E-state index contributed by atoms with van der Waals surface area (Å²) in [5, 5.41) is 0. The summed E-state index contributed by atoms with van der Waals surface area (Å²) < 4.78 is 18.2. The van der Waals surface area contributed by atoms with E-state index in [9.17, 15) is 9.18 Å². The van der Waals surface area contributed by atoms with Crippen molar-refractivity contribution in [3.63, 3.8) is 0 Å². The van der Waals surface area contributed by atoms with Gasteiger partial charge in [0.2, 0.25) is 0 Å². The fourth-order valence-electron chi connectivity index (χ4n) is 1.53. The number of halogens is 1. The Labute approximate surface area is 110 Å². The Morgan fingerprint density at radius 3 is 2.32 bits per heavy atom. The molecule has 0 saturated heterocycles. The maximum absolute atomic E-state index is 12.7. The van der Waals surface area contributed by atoms with Crippen molar-refractivity contribution in [2.75, 3.05) is 0 Å². The van der Waals surface area contributed by atoms with Crippen LogP contribution in [0.1, 0.15) is 15.9 Å². The Morgan fingerprint density at radius 1 is 1.11 bits per heavy atom. The minimum absolute atomic E-state index is 0.277. The average molecular weight is 260 g/mol. The highest BCUT2D eigenvalue weighted by molar-refractivity contribution is 5.93. The van der Waals surface area contributed by atoms with Gasteiger partial charge in [-0.15, -0.1) is 0 Å². The Morgan fingerprint density at radius 2 is 1.74 bits per heavy atom. The van der Waals surface area contributed by atoms with Gasteiger partial charge in [-0.05, 0) is 42.0 Å². The number of hydrazine groups is 1. The molecule has 0 aliphatic carbocycles. The van der Waals surface area contributed by atoms with Crippen molar-refractivity contribution in [3.05, 3.63) is 65.5 Å². The lowest BCUT2D eigenvalue weighted by molar-refractivity contribution is 0.0953. The normalized spacial score (nSPS) is 10.0. The minimum atomic E-state index is -0.356. The topological polar surface area (TPSA) is 64.3 Å². The average Bonchev–Trinajstić information content (AvgIpc) is 2.46. The molecular formula is C14H13FN2O2. The molecule has 0 unspecified atom stereocenters. The van der Waals surface area contributed by atoms with Crippen LogP contribution < -0.4 is 16.0 Å². The summed E-state index contributed by atoms with van der Waals surface area (Å²) in [7, 11) is 0. The third-order valence-corrected chi connectivity index (χ3v) is 2.57. The molecule has 0 aromatic heterocycles. The van der Waals surface area contributed by atoms with Crippen molar-refractivity contribution in [1.82, 2.24) is 5.43 Å². The Balaban J connectivity index is 1.96. The molecule has 1 amide bonds. The summed E-state index contributed by atoms with van der Waals surface area (Å²) in [5.74, 6) is 5.02. The lowest BCUT2D eigenvalue weighted by Gasteiger charge is -2.07. The highest BCUT2D eigenvalue weighted by atomic mass is 19.1. The molecule has 0 saturated carbocycles. The van der Waals surface area contributed by atoms with E-state index in [0.29, 0.717) is 17.9 Å². The molecule has 0 radical (unpaired) electrons. The molecule has 2 aromatic rings. The molecular weight excluding hydrogens is 247 g/mol. The van der Waals surface area contributed by atoms with Crippen LogP contribution in [0.2, 0.25) is 0 Å². The van der Waals surface area contributed by atoms with E-state index in [4.69, 9.17) is 10.6 Å². The van der Waals surface area contributed by atoms with Gasteiger partial charge < -0.3 is 4.74 Å². The summed E-state index contributed by atoms with van der Waals surface area (Å²) >= 11 is 0. The first-order valence-corrected chi connectivity index (χ1v) is 5.67. The van der Waals surface area contributed by atoms with Crippen molar-refractivity contribution in [1.29, 1.82) is 0 Å². The number of nitrogens with two attached hydrogens (primary N) is 1. The Bertz CT molecular complexity index is 553. The first-order valence-electron chi connectivity index (χ1n) is 5.67. The number of ether oxygens (including phenoxy) is 1. The zero-order valence-electron chi connectivity index (χ0n) is 10.1. The molecule has 0 bridgehead atoms. The minimum Gasteiger partial charge on any atom is -0.489 e. The quantitative estimate of drug-likeness (QED) is 0.502. The molecule has 0 aliphatic rings. The molecule has 2 aromatic carbocycles. The van der Waals surface area contributed by atoms with Crippen molar-refractivity contribution in [2.24, 2.45) is 5.84 Å². The number of amides is 1. The second-order valence-corrected chi connectivity index (χ2v) is 3.91. The van der Waals surface area contributed by atoms with Gasteiger partial charge >= 0.3 is 0 Å². The second kappa shape index (κ2) is 5.97. The van der Waals surface area contributed by atoms with E-state index in [1.807, 2.05) is 5.43 Å². The molecule has 4 nitrogen and oxygen atoms in total. The standard InChI is InChI=1S/C14H13FN2O2/c15-12-5-1-10(2-6-12)9-19-13-7-3-11(4-8-13)14(18)17-16/h1-8H,9,16H2,(H,17,18). The Hall–Kier alpha value is -2.40. The Kier molecular flexibility index (Phi) is 4.10. The first kappa shape index (κ1) is 13.0. The molecule has 19 heavy (non-hydrogen) atoms. The number of nitrogen functional groups attached to an aromatic ring is 1. The fourth-order valence-corrected chi connectivity index (χ4v) is 1.53. The number of hydrogen-bond donors (Lipinski definition) is 2. The number of nitrogens with one attached hydrogen (secondary N) is 1. The summed E-state index contributed by atoms with van der Waals surface area (Å²) in [5.41, 5.74) is 3.37. The predicted octanol–water partition coefficient (Wildman–Crippen LogP) is 2.01. The van der Waals surface area contributed by atoms with E-state index in [1.54, 1.807) is 36.4 Å². The number of rotatable bonds is 4. The summed E-state index contributed by atoms with van der Waals surface area (Å²) in [4.78, 5) is 11.2. The number of benzene rings is 2. The highest BCUT2D eigenvalue weighted by Gasteiger charge is 2.03. The van der Waals surface area contributed by atoms with Crippen LogP contribution in [0.15, 0.2) is 48.5 Å². The molecule has 98 valence electrons. The van der Waals surface area contributed by atoms with Gasteiger partial charge in [0, 0.05) is 5.56 Å². The van der Waals surface area contributed by atoms with Gasteiger partial charge in [0.1, 0.15) is 18.2 Å². The van der Waals surface area contributed by atoms with Crippen LogP contribution in [0.5, 0.6) is 5.75 Å². The van der Waals surface area contributed by atoms with Crippen LogP contribution in [0.4, 0.5) is 4.39 Å². The zero-order chi connectivity index (χ0) is 13.7. The van der Waals surface area contributed by atoms with Crippen LogP contribution in [0.25, 0.3) is 0 Å². The number of carbonyl (C=O) groups is 1. The predicted molar refractivity (Wildman–Crippen MR) is 68.8 cm³/mol. The molecule has 5 heteroatoms. The molecule has 0 spiro atoms. The summed E-state index contributed by atoms with van der Waals surface area (Å²) in [6.45, 7) is 0.336. The largest absolute Gasteiger partial charge is 0.489 e. The molecule has 0 atom stereocenters. The van der Waals surface area contributed by atoms with Gasteiger partial charge in [-0.2, -0.15) is 0 Å².